The van der Waals surface area contributed by atoms with Crippen molar-refractivity contribution in [3.8, 4) is 5.75 Å². The topological polar surface area (TPSA) is 152 Å². The van der Waals surface area contributed by atoms with Crippen molar-refractivity contribution in [3.63, 3.8) is 0 Å². The molecular weight excluding hydrogens is 650 g/mol. The van der Waals surface area contributed by atoms with Gasteiger partial charge in [-0.25, -0.2) is 4.79 Å². The van der Waals surface area contributed by atoms with Crippen molar-refractivity contribution >= 4 is 23.9 Å². The van der Waals surface area contributed by atoms with Gasteiger partial charge in [0.25, 0.3) is 0 Å². The van der Waals surface area contributed by atoms with Gasteiger partial charge in [0.15, 0.2) is 0 Å². The van der Waals surface area contributed by atoms with Gasteiger partial charge in [-0.05, 0) is 67.3 Å². The summed E-state index contributed by atoms with van der Waals surface area (Å²) in [4.78, 5) is 50.9. The fraction of sp³-hybridized carbons (Fsp3) is 0.400. The number of alkyl carbamates (subject to hydrolysis) is 1. The maximum Gasteiger partial charge on any atom is 0.407 e. The van der Waals surface area contributed by atoms with Gasteiger partial charge in [0.2, 0.25) is 11.8 Å². The van der Waals surface area contributed by atoms with Gasteiger partial charge in [0.1, 0.15) is 25.6 Å². The summed E-state index contributed by atoms with van der Waals surface area (Å²) < 4.78 is 16.5. The van der Waals surface area contributed by atoms with Gasteiger partial charge in [-0.15, -0.1) is 0 Å². The molecule has 0 aromatic heterocycles. The molecule has 0 saturated carbocycles. The lowest BCUT2D eigenvalue weighted by atomic mass is 9.97. The Bertz CT molecular complexity index is 1530. The smallest absolute Gasteiger partial charge is 0.407 e. The van der Waals surface area contributed by atoms with E-state index in [0.29, 0.717) is 51.7 Å². The van der Waals surface area contributed by atoms with Crippen LogP contribution in [0.3, 0.4) is 0 Å². The summed E-state index contributed by atoms with van der Waals surface area (Å²) in [6, 6.07) is 25.8. The number of benzene rings is 3. The van der Waals surface area contributed by atoms with Gasteiger partial charge in [0.05, 0.1) is 24.6 Å². The Labute approximate surface area is 299 Å². The predicted molar refractivity (Wildman–Crippen MR) is 192 cm³/mol. The van der Waals surface area contributed by atoms with E-state index < -0.39 is 24.1 Å². The Morgan fingerprint density at radius 3 is 2.29 bits per heavy atom. The van der Waals surface area contributed by atoms with E-state index in [0.717, 1.165) is 22.4 Å². The van der Waals surface area contributed by atoms with Crippen LogP contribution in [0.15, 0.2) is 97.1 Å². The van der Waals surface area contributed by atoms with Crippen LogP contribution in [0.25, 0.3) is 0 Å². The third kappa shape index (κ3) is 15.1. The van der Waals surface area contributed by atoms with Crippen LogP contribution < -0.4 is 20.7 Å². The van der Waals surface area contributed by atoms with Crippen molar-refractivity contribution < 1.29 is 38.5 Å². The maximum atomic E-state index is 13.4. The molecular formula is C40H49N3O8. The van der Waals surface area contributed by atoms with Crippen LogP contribution in [0.4, 0.5) is 4.79 Å². The van der Waals surface area contributed by atoms with E-state index in [-0.39, 0.29) is 50.4 Å². The van der Waals surface area contributed by atoms with Crippen molar-refractivity contribution in [1.82, 2.24) is 16.0 Å². The lowest BCUT2D eigenvalue weighted by Crippen LogP contribution is -2.45. The average Bonchev–Trinajstić information content (AvgIpc) is 3.15. The Morgan fingerprint density at radius 1 is 0.882 bits per heavy atom. The predicted octanol–water partition coefficient (Wildman–Crippen LogP) is 5.16. The number of carbonyl (C=O) groups excluding carboxylic acids is 4. The number of hydrogen-bond donors (Lipinski definition) is 4. The number of hydrogen-bond acceptors (Lipinski definition) is 8. The first-order chi connectivity index (χ1) is 24.9. The molecule has 4 N–H and O–H groups in total. The Balaban J connectivity index is 1.23. The lowest BCUT2D eigenvalue weighted by molar-refractivity contribution is -0.145. The average molecular weight is 700 g/mol. The van der Waals surface area contributed by atoms with Gasteiger partial charge in [-0.2, -0.15) is 0 Å². The Kier molecular flexibility index (Phi) is 16.5. The van der Waals surface area contributed by atoms with Gasteiger partial charge >= 0.3 is 12.1 Å². The molecule has 272 valence electrons. The summed E-state index contributed by atoms with van der Waals surface area (Å²) >= 11 is 0. The molecule has 0 radical (unpaired) electrons. The van der Waals surface area contributed by atoms with E-state index in [9.17, 15) is 24.3 Å². The normalized spacial score (nSPS) is 17.1. The van der Waals surface area contributed by atoms with Gasteiger partial charge in [0, 0.05) is 19.4 Å². The van der Waals surface area contributed by atoms with E-state index >= 15 is 0 Å². The van der Waals surface area contributed by atoms with E-state index in [1.807, 2.05) is 97.1 Å². The van der Waals surface area contributed by atoms with Crippen LogP contribution in [-0.4, -0.2) is 60.8 Å². The first-order valence-corrected chi connectivity index (χ1v) is 17.6. The van der Waals surface area contributed by atoms with Gasteiger partial charge in [-0.3, -0.25) is 14.4 Å². The third-order valence-corrected chi connectivity index (χ3v) is 8.40. The van der Waals surface area contributed by atoms with Crippen molar-refractivity contribution in [2.75, 3.05) is 19.8 Å². The van der Waals surface area contributed by atoms with Crippen molar-refractivity contribution in [2.24, 2.45) is 5.92 Å². The summed E-state index contributed by atoms with van der Waals surface area (Å²) in [7, 11) is 0. The third-order valence-electron chi connectivity index (χ3n) is 8.40. The fourth-order valence-electron chi connectivity index (χ4n) is 5.54. The molecule has 1 aliphatic heterocycles. The molecule has 3 amide bonds. The SMILES string of the molecule is O=C(C[C@H]1CC=CCCC(=O)OC[C@H](CCCCNC(=O)OCc2ccccc2)NC1=O)N[C@H](CO)Cc1ccc(OCc2ccccc2)cc1. The highest BCUT2D eigenvalue weighted by atomic mass is 16.5. The molecule has 51 heavy (non-hydrogen) atoms. The first kappa shape index (κ1) is 38.6. The molecule has 1 aliphatic rings. The second kappa shape index (κ2) is 21.8. The number of aliphatic hydroxyl groups is 1. The molecule has 11 heteroatoms. The highest BCUT2D eigenvalue weighted by Gasteiger charge is 2.25. The number of nitrogens with one attached hydrogen (secondary N) is 3. The number of rotatable bonds is 16. The number of amides is 3. The molecule has 11 nitrogen and oxygen atoms in total. The fourth-order valence-corrected chi connectivity index (χ4v) is 5.54. The molecule has 0 spiro atoms. The van der Waals surface area contributed by atoms with Crippen LogP contribution in [-0.2, 0) is 43.5 Å². The summed E-state index contributed by atoms with van der Waals surface area (Å²) in [5.74, 6) is -0.933. The van der Waals surface area contributed by atoms with Crippen LogP contribution in [0.2, 0.25) is 0 Å². The number of cyclic esters (lactones) is 1. The summed E-state index contributed by atoms with van der Waals surface area (Å²) in [6.07, 6.45) is 6.26. The van der Waals surface area contributed by atoms with E-state index in [4.69, 9.17) is 14.2 Å². The number of carbonyl (C=O) groups is 4. The molecule has 0 saturated heterocycles. The van der Waals surface area contributed by atoms with Crippen LogP contribution in [0, 0.1) is 5.92 Å². The highest BCUT2D eigenvalue weighted by molar-refractivity contribution is 5.86. The molecule has 0 bridgehead atoms. The molecule has 0 aliphatic carbocycles. The van der Waals surface area contributed by atoms with Gasteiger partial charge in [-0.1, -0.05) is 84.9 Å². The number of esters is 1. The second-order valence-electron chi connectivity index (χ2n) is 12.6. The van der Waals surface area contributed by atoms with Crippen LogP contribution in [0.1, 0.15) is 61.6 Å². The molecule has 0 fully saturated rings. The number of aliphatic hydroxyl groups excluding tert-OH is 1. The number of allylic oxidation sites excluding steroid dienone is 2. The Hall–Kier alpha value is -5.16. The zero-order chi connectivity index (χ0) is 36.1. The first-order valence-electron chi connectivity index (χ1n) is 17.6. The molecule has 0 unspecified atom stereocenters. The monoisotopic (exact) mass is 699 g/mol. The van der Waals surface area contributed by atoms with Crippen molar-refractivity contribution in [1.29, 1.82) is 0 Å². The second-order valence-corrected chi connectivity index (χ2v) is 12.6. The molecule has 4 rings (SSSR count). The Morgan fingerprint density at radius 2 is 1.59 bits per heavy atom. The number of ether oxygens (including phenoxy) is 3. The lowest BCUT2D eigenvalue weighted by Gasteiger charge is -2.23. The van der Waals surface area contributed by atoms with Gasteiger partial charge < -0.3 is 35.3 Å². The largest absolute Gasteiger partial charge is 0.489 e. The highest BCUT2D eigenvalue weighted by Crippen LogP contribution is 2.17. The minimum atomic E-state index is -0.652. The standard InChI is InChI=1S/C40H49N3O8/c44-26-35(24-30-19-21-36(22-20-30)49-27-31-12-4-1-5-13-31)42-37(45)25-33-16-8-3-9-18-38(46)50-29-34(43-39(33)47)17-10-11-23-41-40(48)51-28-32-14-6-2-7-15-32/h1-8,12-15,19-22,33-35,44H,9-11,16-18,23-29H2,(H,41,48)(H,42,45)(H,43,47)/t33-,34+,35+/m1/s1. The van der Waals surface area contributed by atoms with Crippen LogP contribution in [0.5, 0.6) is 5.75 Å². The van der Waals surface area contributed by atoms with E-state index in [1.54, 1.807) is 0 Å². The minimum Gasteiger partial charge on any atom is -0.489 e. The zero-order valence-corrected chi connectivity index (χ0v) is 29.0. The maximum absolute atomic E-state index is 13.4. The molecule has 3 aromatic carbocycles. The van der Waals surface area contributed by atoms with Crippen molar-refractivity contribution in [2.45, 2.75) is 76.7 Å². The summed E-state index contributed by atoms with van der Waals surface area (Å²) in [5, 5.41) is 18.6. The zero-order valence-electron chi connectivity index (χ0n) is 29.0. The molecule has 1 heterocycles. The van der Waals surface area contributed by atoms with E-state index in [1.165, 1.54) is 0 Å². The van der Waals surface area contributed by atoms with Crippen LogP contribution >= 0.6 is 0 Å². The van der Waals surface area contributed by atoms with E-state index in [2.05, 4.69) is 16.0 Å². The molecule has 3 aromatic rings. The molecule has 3 atom stereocenters. The minimum absolute atomic E-state index is 0.0163. The summed E-state index contributed by atoms with van der Waals surface area (Å²) in [5.41, 5.74) is 2.88. The van der Waals surface area contributed by atoms with Crippen molar-refractivity contribution in [3.05, 3.63) is 114 Å². The quantitative estimate of drug-likeness (QED) is 0.0910. The summed E-state index contributed by atoms with van der Waals surface area (Å²) in [6.45, 7) is 0.779. The number of unbranched alkanes of at least 4 members (excludes halogenated alkanes) is 1.